The van der Waals surface area contributed by atoms with Crippen LogP contribution in [0.1, 0.15) is 17.3 Å². The molecule has 0 bridgehead atoms. The van der Waals surface area contributed by atoms with Crippen molar-refractivity contribution in [3.63, 3.8) is 0 Å². The van der Waals surface area contributed by atoms with Crippen molar-refractivity contribution in [2.75, 3.05) is 7.05 Å². The maximum Gasteiger partial charge on any atom is 0.115 e. The fraction of sp³-hybridized carbons (Fsp3) is 0.300. The largest absolute Gasteiger partial charge is 0.308 e. The first-order valence-electron chi connectivity index (χ1n) is 4.73. The monoisotopic (exact) mass is 203 g/mol. The molecule has 2 rings (SSSR count). The molecule has 0 aliphatic carbocycles. The minimum Gasteiger partial charge on any atom is -0.308 e. The highest BCUT2D eigenvalue weighted by Crippen LogP contribution is 2.17. The van der Waals surface area contributed by atoms with Crippen molar-refractivity contribution >= 4 is 0 Å². The molecule has 0 aromatic carbocycles. The summed E-state index contributed by atoms with van der Waals surface area (Å²) in [4.78, 5) is 8.00. The zero-order valence-electron chi connectivity index (χ0n) is 8.75. The lowest BCUT2D eigenvalue weighted by Gasteiger charge is -2.12. The van der Waals surface area contributed by atoms with Gasteiger partial charge in [-0.15, -0.1) is 0 Å². The summed E-state index contributed by atoms with van der Waals surface area (Å²) in [6.07, 6.45) is 7.03. The van der Waals surface area contributed by atoms with Gasteiger partial charge in [0.1, 0.15) is 6.33 Å². The van der Waals surface area contributed by atoms with Gasteiger partial charge in [-0.05, 0) is 13.1 Å². The fourth-order valence-electron chi connectivity index (χ4n) is 1.53. The third kappa shape index (κ3) is 2.02. The molecule has 0 aliphatic rings. The lowest BCUT2D eigenvalue weighted by Crippen LogP contribution is -2.18. The number of nitrogens with zero attached hydrogens (tertiary/aromatic N) is 4. The zero-order valence-corrected chi connectivity index (χ0v) is 8.75. The van der Waals surface area contributed by atoms with Gasteiger partial charge in [0.05, 0.1) is 11.7 Å². The normalized spacial score (nSPS) is 12.7. The molecule has 0 saturated carbocycles. The number of hydrogen-bond donors (Lipinski definition) is 1. The van der Waals surface area contributed by atoms with E-state index in [1.54, 1.807) is 17.1 Å². The van der Waals surface area contributed by atoms with Gasteiger partial charge in [0.2, 0.25) is 0 Å². The lowest BCUT2D eigenvalue weighted by molar-refractivity contribution is 0.637. The molecular weight excluding hydrogens is 190 g/mol. The Hall–Kier alpha value is -1.75. The minimum absolute atomic E-state index is 0.0485. The summed E-state index contributed by atoms with van der Waals surface area (Å²) in [5.74, 6) is 0. The second-order valence-electron chi connectivity index (χ2n) is 3.31. The number of aryl methyl sites for hydroxylation is 1. The van der Waals surface area contributed by atoms with Gasteiger partial charge >= 0.3 is 0 Å². The van der Waals surface area contributed by atoms with Crippen molar-refractivity contribution < 1.29 is 0 Å². The molecule has 15 heavy (non-hydrogen) atoms. The van der Waals surface area contributed by atoms with Crippen LogP contribution in [0, 0.1) is 0 Å². The van der Waals surface area contributed by atoms with E-state index in [0.717, 1.165) is 11.3 Å². The Bertz CT molecular complexity index is 422. The Balaban J connectivity index is 2.33. The van der Waals surface area contributed by atoms with Crippen LogP contribution in [-0.2, 0) is 7.05 Å². The van der Waals surface area contributed by atoms with Crippen LogP contribution < -0.4 is 5.32 Å². The maximum atomic E-state index is 4.36. The van der Waals surface area contributed by atoms with E-state index >= 15 is 0 Å². The molecule has 1 atom stereocenters. The molecule has 5 nitrogen and oxygen atoms in total. The van der Waals surface area contributed by atoms with Crippen LogP contribution >= 0.6 is 0 Å². The Kier molecular flexibility index (Phi) is 2.73. The van der Waals surface area contributed by atoms with Crippen LogP contribution in [0.25, 0.3) is 0 Å². The average molecular weight is 203 g/mol. The highest BCUT2D eigenvalue weighted by Gasteiger charge is 2.14. The van der Waals surface area contributed by atoms with E-state index in [4.69, 9.17) is 0 Å². The van der Waals surface area contributed by atoms with Gasteiger partial charge in [-0.2, -0.15) is 5.10 Å². The van der Waals surface area contributed by atoms with Gasteiger partial charge < -0.3 is 5.32 Å². The van der Waals surface area contributed by atoms with Gasteiger partial charge in [0.15, 0.2) is 0 Å². The van der Waals surface area contributed by atoms with Gasteiger partial charge in [-0.1, -0.05) is 0 Å². The summed E-state index contributed by atoms with van der Waals surface area (Å²) in [7, 11) is 3.80. The van der Waals surface area contributed by atoms with Crippen molar-refractivity contribution in [1.82, 2.24) is 25.1 Å². The van der Waals surface area contributed by atoms with Crippen molar-refractivity contribution in [3.8, 4) is 0 Å². The zero-order chi connectivity index (χ0) is 10.7. The molecule has 0 radical (unpaired) electrons. The van der Waals surface area contributed by atoms with Crippen LogP contribution in [0.15, 0.2) is 31.0 Å². The fourth-order valence-corrected chi connectivity index (χ4v) is 1.53. The molecule has 0 saturated heterocycles. The number of hydrogen-bond acceptors (Lipinski definition) is 4. The third-order valence-corrected chi connectivity index (χ3v) is 2.23. The topological polar surface area (TPSA) is 55.6 Å². The standard InChI is InChI=1S/C10H13N5/c1-11-10(8-5-12-7-13-6-8)9-3-4-15(2)14-9/h3-7,10-11H,1-2H3. The molecule has 5 heteroatoms. The first-order chi connectivity index (χ1) is 7.31. The van der Waals surface area contributed by atoms with Gasteiger partial charge in [-0.25, -0.2) is 9.97 Å². The van der Waals surface area contributed by atoms with Crippen LogP contribution in [0.3, 0.4) is 0 Å². The van der Waals surface area contributed by atoms with E-state index in [1.807, 2.05) is 26.4 Å². The van der Waals surface area contributed by atoms with Crippen LogP contribution in [0.4, 0.5) is 0 Å². The molecule has 2 aromatic rings. The van der Waals surface area contributed by atoms with Gasteiger partial charge in [0, 0.05) is 31.2 Å². The molecule has 0 fully saturated rings. The summed E-state index contributed by atoms with van der Waals surface area (Å²) >= 11 is 0. The highest BCUT2D eigenvalue weighted by atomic mass is 15.3. The molecular formula is C10H13N5. The van der Waals surface area contributed by atoms with E-state index in [1.165, 1.54) is 6.33 Å². The summed E-state index contributed by atoms with van der Waals surface area (Å²) in [5, 5.41) is 7.55. The average Bonchev–Trinajstić information content (AvgIpc) is 2.68. The molecule has 1 unspecified atom stereocenters. The summed E-state index contributed by atoms with van der Waals surface area (Å²) in [6.45, 7) is 0. The van der Waals surface area contributed by atoms with Crippen LogP contribution in [0.2, 0.25) is 0 Å². The Morgan fingerprint density at radius 1 is 1.33 bits per heavy atom. The van der Waals surface area contributed by atoms with E-state index in [0.29, 0.717) is 0 Å². The number of nitrogens with one attached hydrogen (secondary N) is 1. The van der Waals surface area contributed by atoms with Crippen molar-refractivity contribution in [2.45, 2.75) is 6.04 Å². The summed E-state index contributed by atoms with van der Waals surface area (Å²) in [5.41, 5.74) is 1.98. The lowest BCUT2D eigenvalue weighted by atomic mass is 10.1. The first kappa shape index (κ1) is 9.79. The van der Waals surface area contributed by atoms with Crippen molar-refractivity contribution in [2.24, 2.45) is 7.05 Å². The molecule has 0 aliphatic heterocycles. The van der Waals surface area contributed by atoms with Crippen molar-refractivity contribution in [3.05, 3.63) is 42.2 Å². The number of aromatic nitrogens is 4. The second kappa shape index (κ2) is 4.18. The van der Waals surface area contributed by atoms with Crippen LogP contribution in [0.5, 0.6) is 0 Å². The maximum absolute atomic E-state index is 4.36. The molecule has 0 spiro atoms. The van der Waals surface area contributed by atoms with E-state index < -0.39 is 0 Å². The molecule has 0 amide bonds. The Morgan fingerprint density at radius 2 is 2.07 bits per heavy atom. The van der Waals surface area contributed by atoms with E-state index in [-0.39, 0.29) is 6.04 Å². The quantitative estimate of drug-likeness (QED) is 0.790. The molecule has 2 heterocycles. The van der Waals surface area contributed by atoms with E-state index in [9.17, 15) is 0 Å². The third-order valence-electron chi connectivity index (χ3n) is 2.23. The predicted molar refractivity (Wildman–Crippen MR) is 56.1 cm³/mol. The molecule has 1 N–H and O–H groups in total. The smallest absolute Gasteiger partial charge is 0.115 e. The Labute approximate surface area is 88.2 Å². The second-order valence-corrected chi connectivity index (χ2v) is 3.31. The summed E-state index contributed by atoms with van der Waals surface area (Å²) in [6, 6.07) is 2.03. The number of rotatable bonds is 3. The van der Waals surface area contributed by atoms with Crippen LogP contribution in [-0.4, -0.2) is 26.8 Å². The highest BCUT2D eigenvalue weighted by molar-refractivity contribution is 5.21. The minimum atomic E-state index is 0.0485. The molecule has 78 valence electrons. The predicted octanol–water partition coefficient (Wildman–Crippen LogP) is 0.519. The molecule has 2 aromatic heterocycles. The SMILES string of the molecule is CNC(c1cncnc1)c1ccn(C)n1. The first-order valence-corrected chi connectivity index (χ1v) is 4.73. The summed E-state index contributed by atoms with van der Waals surface area (Å²) < 4.78 is 1.78. The van der Waals surface area contributed by atoms with Gasteiger partial charge in [-0.3, -0.25) is 4.68 Å². The van der Waals surface area contributed by atoms with Crippen molar-refractivity contribution in [1.29, 1.82) is 0 Å². The van der Waals surface area contributed by atoms with E-state index in [2.05, 4.69) is 20.4 Å². The Morgan fingerprint density at radius 3 is 2.60 bits per heavy atom. The van der Waals surface area contributed by atoms with Gasteiger partial charge in [0.25, 0.3) is 0 Å².